The van der Waals surface area contributed by atoms with Crippen LogP contribution < -0.4 is 14.1 Å². The lowest BCUT2D eigenvalue weighted by Crippen LogP contribution is -2.47. The monoisotopic (exact) mass is 447 g/mol. The molecule has 3 unspecified atom stereocenters. The Morgan fingerprint density at radius 2 is 1.90 bits per heavy atom. The highest BCUT2D eigenvalue weighted by Crippen LogP contribution is 2.52. The zero-order valence-electron chi connectivity index (χ0n) is 16.1. The first kappa shape index (κ1) is 22.4. The molecule has 0 aliphatic carbocycles. The van der Waals surface area contributed by atoms with Gasteiger partial charge in [0.2, 0.25) is 0 Å². The normalized spacial score (nSPS) is 21.4. The van der Waals surface area contributed by atoms with Crippen LogP contribution in [0.25, 0.3) is 0 Å². The molecule has 1 heterocycles. The second-order valence-electron chi connectivity index (χ2n) is 7.07. The number of hydrogen-bond donors (Lipinski definition) is 1. The van der Waals surface area contributed by atoms with E-state index >= 15 is 0 Å². The zero-order valence-corrected chi connectivity index (χ0v) is 16.9. The minimum absolute atomic E-state index is 0.0788. The van der Waals surface area contributed by atoms with Crippen LogP contribution in [0.4, 0.5) is 23.2 Å². The Morgan fingerprint density at radius 1 is 1.23 bits per heavy atom. The van der Waals surface area contributed by atoms with Gasteiger partial charge in [-0.25, -0.2) is 4.39 Å². The summed E-state index contributed by atoms with van der Waals surface area (Å²) in [4.78, 5) is 0. The molecule has 1 aliphatic rings. The second-order valence-corrected chi connectivity index (χ2v) is 7.47. The molecule has 3 rings (SSSR count). The van der Waals surface area contributed by atoms with Gasteiger partial charge in [-0.3, -0.25) is 4.65 Å². The summed E-state index contributed by atoms with van der Waals surface area (Å²) < 4.78 is 66.2. The number of benzene rings is 2. The van der Waals surface area contributed by atoms with E-state index in [1.165, 1.54) is 25.3 Å². The number of methoxy groups -OCH3 is 1. The van der Waals surface area contributed by atoms with Gasteiger partial charge < -0.3 is 19.8 Å². The van der Waals surface area contributed by atoms with E-state index in [0.29, 0.717) is 17.9 Å². The van der Waals surface area contributed by atoms with Gasteiger partial charge in [0.05, 0.1) is 14.2 Å². The van der Waals surface area contributed by atoms with E-state index < -0.39 is 33.7 Å². The predicted molar refractivity (Wildman–Crippen MR) is 104 cm³/mol. The number of nitrogens with zero attached hydrogens (tertiary/aromatic N) is 1. The Balaban J connectivity index is 2.23. The summed E-state index contributed by atoms with van der Waals surface area (Å²) in [6, 6.07) is 5.27. The number of halogens is 5. The van der Waals surface area contributed by atoms with Crippen molar-refractivity contribution in [1.82, 2.24) is 4.65 Å². The molecular weight excluding hydrogens is 430 g/mol. The number of fused-ring (bicyclic) bond motifs is 1. The van der Waals surface area contributed by atoms with E-state index in [9.17, 15) is 27.9 Å². The van der Waals surface area contributed by atoms with Crippen LogP contribution in [0.15, 0.2) is 42.8 Å². The fraction of sp³-hybridized carbons (Fsp3) is 0.300. The van der Waals surface area contributed by atoms with E-state index in [2.05, 4.69) is 0 Å². The van der Waals surface area contributed by atoms with Crippen molar-refractivity contribution in [3.8, 4) is 11.5 Å². The van der Waals surface area contributed by atoms with Crippen LogP contribution >= 0.6 is 11.6 Å². The summed E-state index contributed by atoms with van der Waals surface area (Å²) in [5.74, 6) is -3.04. The van der Waals surface area contributed by atoms with Crippen LogP contribution in [0.3, 0.4) is 0 Å². The standard InChI is InChI=1S/C20H18ClF4NO4/c1-11(13-5-4-12(29-3)8-15(13)21)19(27,20(23,24)25)14-9-17-18(10-16(14)22)30-7-6-26(17,2)28/h4-11,27H,1-3H3. The lowest BCUT2D eigenvalue weighted by molar-refractivity contribution is -0.275. The third kappa shape index (κ3) is 3.51. The predicted octanol–water partition coefficient (Wildman–Crippen LogP) is 5.34. The van der Waals surface area contributed by atoms with Crippen molar-refractivity contribution in [2.45, 2.75) is 24.6 Å². The maximum atomic E-state index is 14.8. The lowest BCUT2D eigenvalue weighted by Gasteiger charge is -2.40. The summed E-state index contributed by atoms with van der Waals surface area (Å²) in [6.07, 6.45) is -3.26. The van der Waals surface area contributed by atoms with Crippen molar-refractivity contribution in [2.24, 2.45) is 0 Å². The smallest absolute Gasteiger partial charge is 0.422 e. The maximum absolute atomic E-state index is 14.8. The first-order valence-electron chi connectivity index (χ1n) is 8.71. The van der Waals surface area contributed by atoms with Crippen LogP contribution in [0.5, 0.6) is 11.5 Å². The average molecular weight is 448 g/mol. The van der Waals surface area contributed by atoms with Crippen molar-refractivity contribution >= 4 is 17.3 Å². The molecule has 162 valence electrons. The number of ether oxygens (including phenoxy) is 2. The summed E-state index contributed by atoms with van der Waals surface area (Å²) in [5.41, 5.74) is -5.16. The average Bonchev–Trinajstić information content (AvgIpc) is 2.65. The lowest BCUT2D eigenvalue weighted by atomic mass is 9.77. The minimum Gasteiger partial charge on any atom is -0.622 e. The molecule has 0 spiro atoms. The molecule has 1 N–H and O–H groups in total. The molecule has 10 heteroatoms. The van der Waals surface area contributed by atoms with E-state index in [0.717, 1.165) is 26.4 Å². The molecule has 2 aromatic rings. The first-order valence-corrected chi connectivity index (χ1v) is 9.09. The third-order valence-corrected chi connectivity index (χ3v) is 5.54. The number of hydrogen-bond acceptors (Lipinski definition) is 4. The largest absolute Gasteiger partial charge is 0.622 e. The molecule has 30 heavy (non-hydrogen) atoms. The van der Waals surface area contributed by atoms with Crippen molar-refractivity contribution < 1.29 is 32.1 Å². The highest BCUT2D eigenvalue weighted by Gasteiger charge is 2.60. The van der Waals surface area contributed by atoms with E-state index in [1.54, 1.807) is 0 Å². The Morgan fingerprint density at radius 3 is 2.47 bits per heavy atom. The number of rotatable bonds is 4. The van der Waals surface area contributed by atoms with Crippen LogP contribution in [0, 0.1) is 11.0 Å². The van der Waals surface area contributed by atoms with Gasteiger partial charge in [-0.2, -0.15) is 13.2 Å². The third-order valence-electron chi connectivity index (χ3n) is 5.21. The first-order chi connectivity index (χ1) is 13.8. The SMILES string of the molecule is COc1ccc(C(C)C(O)(c2cc3c(cc2F)OC=C[N+]3(C)[O-])C(F)(F)F)c(Cl)c1. The molecule has 0 aromatic heterocycles. The van der Waals surface area contributed by atoms with Crippen molar-refractivity contribution in [3.05, 3.63) is 70.0 Å². The highest BCUT2D eigenvalue weighted by molar-refractivity contribution is 6.31. The summed E-state index contributed by atoms with van der Waals surface area (Å²) in [7, 11) is 2.49. The number of aliphatic hydroxyl groups is 1. The molecule has 2 aromatic carbocycles. The van der Waals surface area contributed by atoms with E-state index in [1.807, 2.05) is 0 Å². The second kappa shape index (κ2) is 7.42. The van der Waals surface area contributed by atoms with Gasteiger partial charge in [0.1, 0.15) is 24.0 Å². The molecule has 3 atom stereocenters. The number of quaternary nitrogens is 1. The van der Waals surface area contributed by atoms with Crippen molar-refractivity contribution in [1.29, 1.82) is 0 Å². The molecule has 0 amide bonds. The Kier molecular flexibility index (Phi) is 5.53. The van der Waals surface area contributed by atoms with Crippen LogP contribution in [0.1, 0.15) is 24.0 Å². The van der Waals surface area contributed by atoms with Gasteiger partial charge in [0, 0.05) is 28.6 Å². The fourth-order valence-corrected chi connectivity index (χ4v) is 3.75. The highest BCUT2D eigenvalue weighted by atomic mass is 35.5. The van der Waals surface area contributed by atoms with Gasteiger partial charge in [0.25, 0.3) is 0 Å². The summed E-state index contributed by atoms with van der Waals surface area (Å²) in [5, 5.41) is 23.4. The molecule has 0 fully saturated rings. The molecule has 5 nitrogen and oxygen atoms in total. The molecule has 1 aliphatic heterocycles. The quantitative estimate of drug-likeness (QED) is 0.390. The topological polar surface area (TPSA) is 61.8 Å². The van der Waals surface area contributed by atoms with Crippen LogP contribution in [-0.2, 0) is 5.60 Å². The summed E-state index contributed by atoms with van der Waals surface area (Å²) >= 11 is 6.11. The van der Waals surface area contributed by atoms with Gasteiger partial charge in [-0.05, 0) is 17.7 Å². The van der Waals surface area contributed by atoms with E-state index in [4.69, 9.17) is 21.1 Å². The number of alkyl halides is 3. The Bertz CT molecular complexity index is 1010. The molecular formula is C20H18ClF4NO4. The maximum Gasteiger partial charge on any atom is 0.422 e. The Hall–Kier alpha value is -2.33. The summed E-state index contributed by atoms with van der Waals surface area (Å²) in [6.45, 7) is 1.07. The van der Waals surface area contributed by atoms with Crippen molar-refractivity contribution in [3.63, 3.8) is 0 Å². The molecule has 0 saturated heterocycles. The zero-order chi connectivity index (χ0) is 22.5. The minimum atomic E-state index is -5.30. The molecule has 0 radical (unpaired) electrons. The Labute approximate surface area is 174 Å². The van der Waals surface area contributed by atoms with Crippen LogP contribution in [0.2, 0.25) is 5.02 Å². The van der Waals surface area contributed by atoms with Gasteiger partial charge in [0.15, 0.2) is 17.0 Å². The van der Waals surface area contributed by atoms with Crippen molar-refractivity contribution in [2.75, 3.05) is 14.2 Å². The van der Waals surface area contributed by atoms with Gasteiger partial charge in [-0.15, -0.1) is 0 Å². The van der Waals surface area contributed by atoms with Gasteiger partial charge >= 0.3 is 6.18 Å². The molecule has 0 bridgehead atoms. The van der Waals surface area contributed by atoms with Crippen LogP contribution in [-0.4, -0.2) is 25.4 Å². The van der Waals surface area contributed by atoms with Gasteiger partial charge in [-0.1, -0.05) is 24.6 Å². The fourth-order valence-electron chi connectivity index (χ4n) is 3.42. The molecule has 0 saturated carbocycles. The van der Waals surface area contributed by atoms with E-state index in [-0.39, 0.29) is 22.0 Å². The number of hydroxylamine groups is 2.